The van der Waals surface area contributed by atoms with E-state index in [4.69, 9.17) is 5.73 Å². The third-order valence-electron chi connectivity index (χ3n) is 4.82. The molecule has 0 aromatic heterocycles. The molecule has 2 rings (SSSR count). The lowest BCUT2D eigenvalue weighted by atomic mass is 10.0. The van der Waals surface area contributed by atoms with Crippen molar-refractivity contribution in [3.05, 3.63) is 29.8 Å². The van der Waals surface area contributed by atoms with E-state index in [0.29, 0.717) is 29.6 Å². The van der Waals surface area contributed by atoms with E-state index in [2.05, 4.69) is 26.1 Å². The number of hydrogen-bond acceptors (Lipinski definition) is 3. The average Bonchev–Trinajstić information content (AvgIpc) is 3.28. The summed E-state index contributed by atoms with van der Waals surface area (Å²) < 4.78 is 0. The number of anilines is 1. The molecule has 2 amide bonds. The van der Waals surface area contributed by atoms with Crippen LogP contribution in [0.3, 0.4) is 0 Å². The fourth-order valence-corrected chi connectivity index (χ4v) is 2.65. The summed E-state index contributed by atoms with van der Waals surface area (Å²) in [6, 6.07) is 7.22. The van der Waals surface area contributed by atoms with Crippen LogP contribution in [0.5, 0.6) is 0 Å². The van der Waals surface area contributed by atoms with Gasteiger partial charge in [-0.2, -0.15) is 0 Å². The Hall–Kier alpha value is -1.88. The van der Waals surface area contributed by atoms with Crippen LogP contribution in [0, 0.1) is 17.8 Å². The second-order valence-corrected chi connectivity index (χ2v) is 7.31. The first-order chi connectivity index (χ1) is 11.3. The first-order valence-electron chi connectivity index (χ1n) is 8.71. The summed E-state index contributed by atoms with van der Waals surface area (Å²) in [5.41, 5.74) is 7.30. The van der Waals surface area contributed by atoms with Gasteiger partial charge in [-0.15, -0.1) is 0 Å². The Morgan fingerprint density at radius 3 is 2.62 bits per heavy atom. The molecule has 0 bridgehead atoms. The Morgan fingerprint density at radius 2 is 2.04 bits per heavy atom. The molecule has 1 aromatic rings. The quantitative estimate of drug-likeness (QED) is 0.806. The number of benzene rings is 1. The minimum Gasteiger partial charge on any atom is -0.342 e. The molecule has 3 atom stereocenters. The SMILES string of the molecule is CC(C)C(N)CCN(C)C(=O)c1cccc(NC(=O)C2CC2C)c1. The number of carbonyl (C=O) groups is 2. The maximum Gasteiger partial charge on any atom is 0.253 e. The van der Waals surface area contributed by atoms with Gasteiger partial charge in [0.15, 0.2) is 0 Å². The van der Waals surface area contributed by atoms with Crippen molar-refractivity contribution < 1.29 is 9.59 Å². The predicted molar refractivity (Wildman–Crippen MR) is 96.7 cm³/mol. The second kappa shape index (κ2) is 7.79. The van der Waals surface area contributed by atoms with Gasteiger partial charge in [0.1, 0.15) is 0 Å². The van der Waals surface area contributed by atoms with Gasteiger partial charge < -0.3 is 16.0 Å². The lowest BCUT2D eigenvalue weighted by Gasteiger charge is -2.21. The van der Waals surface area contributed by atoms with E-state index in [9.17, 15) is 9.59 Å². The number of rotatable bonds is 7. The van der Waals surface area contributed by atoms with Crippen LogP contribution in [0.4, 0.5) is 5.69 Å². The average molecular weight is 331 g/mol. The van der Waals surface area contributed by atoms with Gasteiger partial charge in [0.25, 0.3) is 5.91 Å². The molecular weight excluding hydrogens is 302 g/mol. The highest BCUT2D eigenvalue weighted by atomic mass is 16.2. The maximum absolute atomic E-state index is 12.5. The summed E-state index contributed by atoms with van der Waals surface area (Å²) in [6.45, 7) is 6.86. The van der Waals surface area contributed by atoms with Crippen LogP contribution >= 0.6 is 0 Å². The topological polar surface area (TPSA) is 75.4 Å². The smallest absolute Gasteiger partial charge is 0.253 e. The van der Waals surface area contributed by atoms with E-state index < -0.39 is 0 Å². The van der Waals surface area contributed by atoms with E-state index in [0.717, 1.165) is 12.8 Å². The van der Waals surface area contributed by atoms with Crippen LogP contribution in [0.15, 0.2) is 24.3 Å². The molecule has 5 nitrogen and oxygen atoms in total. The molecule has 24 heavy (non-hydrogen) atoms. The summed E-state index contributed by atoms with van der Waals surface area (Å²) >= 11 is 0. The van der Waals surface area contributed by atoms with E-state index >= 15 is 0 Å². The van der Waals surface area contributed by atoms with Gasteiger partial charge in [-0.1, -0.05) is 26.8 Å². The van der Waals surface area contributed by atoms with Crippen LogP contribution in [0.25, 0.3) is 0 Å². The lowest BCUT2D eigenvalue weighted by Crippen LogP contribution is -2.34. The number of amides is 2. The van der Waals surface area contributed by atoms with Crippen molar-refractivity contribution in [3.63, 3.8) is 0 Å². The predicted octanol–water partition coefficient (Wildman–Crippen LogP) is 2.73. The van der Waals surface area contributed by atoms with Crippen LogP contribution in [-0.2, 0) is 4.79 Å². The molecule has 0 radical (unpaired) electrons. The van der Waals surface area contributed by atoms with Crippen molar-refractivity contribution in [2.45, 2.75) is 39.7 Å². The maximum atomic E-state index is 12.5. The third-order valence-corrected chi connectivity index (χ3v) is 4.82. The first-order valence-corrected chi connectivity index (χ1v) is 8.71. The van der Waals surface area contributed by atoms with Gasteiger partial charge in [-0.3, -0.25) is 9.59 Å². The van der Waals surface area contributed by atoms with E-state index in [1.165, 1.54) is 0 Å². The van der Waals surface area contributed by atoms with E-state index in [1.54, 1.807) is 30.1 Å². The van der Waals surface area contributed by atoms with Crippen LogP contribution in [0.1, 0.15) is 44.0 Å². The molecule has 0 heterocycles. The molecule has 0 aliphatic heterocycles. The Labute approximate surface area is 144 Å². The Bertz CT molecular complexity index is 600. The largest absolute Gasteiger partial charge is 0.342 e. The third kappa shape index (κ3) is 4.81. The fraction of sp³-hybridized carbons (Fsp3) is 0.579. The molecule has 1 saturated carbocycles. The van der Waals surface area contributed by atoms with Crippen molar-refractivity contribution >= 4 is 17.5 Å². The van der Waals surface area contributed by atoms with Gasteiger partial charge in [-0.05, 0) is 42.9 Å². The van der Waals surface area contributed by atoms with Crippen molar-refractivity contribution in [3.8, 4) is 0 Å². The van der Waals surface area contributed by atoms with E-state index in [-0.39, 0.29) is 23.8 Å². The number of nitrogens with two attached hydrogens (primary N) is 1. The summed E-state index contributed by atoms with van der Waals surface area (Å²) in [6.07, 6.45) is 1.72. The molecule has 1 fully saturated rings. The van der Waals surface area contributed by atoms with E-state index in [1.807, 2.05) is 6.07 Å². The summed E-state index contributed by atoms with van der Waals surface area (Å²) in [5, 5.41) is 2.90. The molecule has 1 aromatic carbocycles. The monoisotopic (exact) mass is 331 g/mol. The summed E-state index contributed by atoms with van der Waals surface area (Å²) in [5.74, 6) is 0.970. The molecule has 5 heteroatoms. The number of carbonyl (C=O) groups excluding carboxylic acids is 2. The van der Waals surface area contributed by atoms with Crippen molar-refractivity contribution in [2.24, 2.45) is 23.5 Å². The molecule has 3 unspecified atom stereocenters. The molecule has 0 spiro atoms. The molecule has 1 aliphatic carbocycles. The minimum atomic E-state index is -0.0538. The number of nitrogens with zero attached hydrogens (tertiary/aromatic N) is 1. The highest BCUT2D eigenvalue weighted by molar-refractivity contribution is 5.98. The highest BCUT2D eigenvalue weighted by Gasteiger charge is 2.39. The zero-order valence-electron chi connectivity index (χ0n) is 15.1. The molecule has 3 N–H and O–H groups in total. The molecule has 132 valence electrons. The number of hydrogen-bond donors (Lipinski definition) is 2. The summed E-state index contributed by atoms with van der Waals surface area (Å²) in [4.78, 5) is 26.2. The van der Waals surface area contributed by atoms with Gasteiger partial charge in [0.05, 0.1) is 0 Å². The van der Waals surface area contributed by atoms with Gasteiger partial charge >= 0.3 is 0 Å². The van der Waals surface area contributed by atoms with Crippen molar-refractivity contribution in [1.82, 2.24) is 4.90 Å². The first kappa shape index (κ1) is 18.5. The normalized spacial score (nSPS) is 20.6. The van der Waals surface area contributed by atoms with Gasteiger partial charge in [-0.25, -0.2) is 0 Å². The highest BCUT2D eigenvalue weighted by Crippen LogP contribution is 2.38. The molecule has 0 saturated heterocycles. The fourth-order valence-electron chi connectivity index (χ4n) is 2.65. The zero-order valence-corrected chi connectivity index (χ0v) is 15.1. The Kier molecular flexibility index (Phi) is 5.99. The van der Waals surface area contributed by atoms with Crippen molar-refractivity contribution in [1.29, 1.82) is 0 Å². The second-order valence-electron chi connectivity index (χ2n) is 7.31. The Morgan fingerprint density at radius 1 is 1.38 bits per heavy atom. The molecule has 1 aliphatic rings. The number of nitrogens with one attached hydrogen (secondary N) is 1. The lowest BCUT2D eigenvalue weighted by molar-refractivity contribution is -0.117. The van der Waals surface area contributed by atoms with Crippen LogP contribution in [0.2, 0.25) is 0 Å². The van der Waals surface area contributed by atoms with Gasteiger partial charge in [0.2, 0.25) is 5.91 Å². The Balaban J connectivity index is 1.94. The van der Waals surface area contributed by atoms with Gasteiger partial charge in [0, 0.05) is 36.8 Å². The standard InChI is InChI=1S/C19H29N3O2/c1-12(2)17(20)8-9-22(4)19(24)14-6-5-7-15(11-14)21-18(23)16-10-13(16)3/h5-7,11-13,16-17H,8-10,20H2,1-4H3,(H,21,23). The van der Waals surface area contributed by atoms with Crippen LogP contribution < -0.4 is 11.1 Å². The van der Waals surface area contributed by atoms with Crippen molar-refractivity contribution in [2.75, 3.05) is 18.9 Å². The minimum absolute atomic E-state index is 0.0448. The van der Waals surface area contributed by atoms with Crippen LogP contribution in [-0.4, -0.2) is 36.3 Å². The zero-order chi connectivity index (χ0) is 17.9. The molecular formula is C19H29N3O2. The summed E-state index contributed by atoms with van der Waals surface area (Å²) in [7, 11) is 1.78.